The van der Waals surface area contributed by atoms with E-state index < -0.39 is 0 Å². The van der Waals surface area contributed by atoms with Gasteiger partial charge in [-0.1, -0.05) is 5.22 Å². The van der Waals surface area contributed by atoms with Crippen LogP contribution in [0.2, 0.25) is 0 Å². The van der Waals surface area contributed by atoms with E-state index in [2.05, 4.69) is 16.0 Å². The number of nitrogens with one attached hydrogen (secondary N) is 3. The summed E-state index contributed by atoms with van der Waals surface area (Å²) in [5.74, 6) is 0.847. The average molecular weight is 112 g/mol. The first-order valence-corrected chi connectivity index (χ1v) is 2.50. The maximum atomic E-state index is 6.40. The molecule has 3 N–H and O–H groups in total. The predicted molar refractivity (Wildman–Crippen MR) is 29.0 cm³/mol. The molecule has 1 aliphatic heterocycles. The summed E-state index contributed by atoms with van der Waals surface area (Å²) in [7, 11) is 0. The van der Waals surface area contributed by atoms with Gasteiger partial charge in [0.15, 0.2) is 0 Å². The Bertz CT molecular complexity index is 117. The number of hydrogen-bond acceptors (Lipinski definition) is 3. The van der Waals surface area contributed by atoms with Gasteiger partial charge in [-0.2, -0.15) is 5.53 Å². The van der Waals surface area contributed by atoms with Crippen molar-refractivity contribution in [2.24, 2.45) is 5.22 Å². The largest absolute Gasteiger partial charge is 0.370 e. The van der Waals surface area contributed by atoms with Gasteiger partial charge < -0.3 is 5.32 Å². The molecule has 0 fully saturated rings. The van der Waals surface area contributed by atoms with Crippen LogP contribution in [-0.4, -0.2) is 6.54 Å². The second-order valence-electron chi connectivity index (χ2n) is 1.56. The summed E-state index contributed by atoms with van der Waals surface area (Å²) in [5, 5.41) is 5.98. The van der Waals surface area contributed by atoms with Gasteiger partial charge in [-0.3, -0.25) is 0 Å². The van der Waals surface area contributed by atoms with Crippen LogP contribution in [0, 0.1) is 5.53 Å². The molecule has 0 aromatic heterocycles. The fraction of sp³-hybridized carbons (Fsp3) is 0.500. The zero-order chi connectivity index (χ0) is 5.82. The van der Waals surface area contributed by atoms with Crippen molar-refractivity contribution in [1.29, 1.82) is 5.53 Å². The molecule has 0 radical (unpaired) electrons. The lowest BCUT2D eigenvalue weighted by atomic mass is 10.5. The SMILES string of the molecule is N=NNC1=CCCN1. The Balaban J connectivity index is 2.33. The molecule has 0 aliphatic carbocycles. The third kappa shape index (κ3) is 0.959. The number of nitrogens with zero attached hydrogens (tertiary/aromatic N) is 1. The second-order valence-corrected chi connectivity index (χ2v) is 1.56. The lowest BCUT2D eigenvalue weighted by molar-refractivity contribution is 0.709. The van der Waals surface area contributed by atoms with Gasteiger partial charge in [-0.15, -0.1) is 0 Å². The lowest BCUT2D eigenvalue weighted by Gasteiger charge is -1.97. The molecule has 1 rings (SSSR count). The van der Waals surface area contributed by atoms with Gasteiger partial charge in [-0.25, -0.2) is 5.43 Å². The van der Waals surface area contributed by atoms with Crippen molar-refractivity contribution in [3.63, 3.8) is 0 Å². The Hall–Kier alpha value is -1.06. The highest BCUT2D eigenvalue weighted by molar-refractivity contribution is 5.01. The Morgan fingerprint density at radius 3 is 3.25 bits per heavy atom. The van der Waals surface area contributed by atoms with E-state index in [-0.39, 0.29) is 0 Å². The van der Waals surface area contributed by atoms with Crippen molar-refractivity contribution >= 4 is 0 Å². The molecule has 0 spiro atoms. The van der Waals surface area contributed by atoms with Crippen LogP contribution in [0.25, 0.3) is 0 Å². The third-order valence-electron chi connectivity index (χ3n) is 0.985. The summed E-state index contributed by atoms with van der Waals surface area (Å²) in [5.41, 5.74) is 8.89. The molecule has 0 aromatic carbocycles. The minimum Gasteiger partial charge on any atom is -0.370 e. The second kappa shape index (κ2) is 2.30. The molecule has 0 unspecified atom stereocenters. The van der Waals surface area contributed by atoms with Crippen LogP contribution in [-0.2, 0) is 0 Å². The maximum Gasteiger partial charge on any atom is 0.117 e. The highest BCUT2D eigenvalue weighted by Crippen LogP contribution is 1.95. The van der Waals surface area contributed by atoms with E-state index in [1.165, 1.54) is 0 Å². The van der Waals surface area contributed by atoms with Crippen molar-refractivity contribution in [3.8, 4) is 0 Å². The molecular weight excluding hydrogens is 104 g/mol. The van der Waals surface area contributed by atoms with Crippen molar-refractivity contribution in [2.45, 2.75) is 6.42 Å². The lowest BCUT2D eigenvalue weighted by Crippen LogP contribution is -2.17. The molecule has 0 aromatic rings. The van der Waals surface area contributed by atoms with Crippen molar-refractivity contribution < 1.29 is 0 Å². The standard InChI is InChI=1S/C4H8N4/c5-8-7-4-2-1-3-6-4/h2,6H,1,3H2,(H2,5,7). The molecule has 4 heteroatoms. The van der Waals surface area contributed by atoms with Crippen molar-refractivity contribution in [3.05, 3.63) is 11.9 Å². The van der Waals surface area contributed by atoms with Crippen LogP contribution in [0.1, 0.15) is 6.42 Å². The molecule has 4 nitrogen and oxygen atoms in total. The number of hydrogen-bond donors (Lipinski definition) is 3. The zero-order valence-corrected chi connectivity index (χ0v) is 4.44. The highest BCUT2D eigenvalue weighted by Gasteiger charge is 1.98. The van der Waals surface area contributed by atoms with E-state index >= 15 is 0 Å². The summed E-state index contributed by atoms with van der Waals surface area (Å²) in [6.07, 6.45) is 3.00. The molecule has 0 amide bonds. The summed E-state index contributed by atoms with van der Waals surface area (Å²) in [4.78, 5) is 0. The molecule has 0 atom stereocenters. The third-order valence-corrected chi connectivity index (χ3v) is 0.985. The highest BCUT2D eigenvalue weighted by atomic mass is 15.4. The van der Waals surface area contributed by atoms with Gasteiger partial charge in [0, 0.05) is 6.54 Å². The Kier molecular flexibility index (Phi) is 1.46. The van der Waals surface area contributed by atoms with Crippen LogP contribution in [0.3, 0.4) is 0 Å². The van der Waals surface area contributed by atoms with E-state index in [0.29, 0.717) is 0 Å². The van der Waals surface area contributed by atoms with E-state index in [1.54, 1.807) is 0 Å². The minimum absolute atomic E-state index is 0.847. The van der Waals surface area contributed by atoms with E-state index in [0.717, 1.165) is 18.8 Å². The quantitative estimate of drug-likeness (QED) is 0.356. The first-order valence-electron chi connectivity index (χ1n) is 2.50. The molecule has 1 aliphatic rings. The predicted octanol–water partition coefficient (Wildman–Crippen LogP) is 0.357. The Morgan fingerprint density at radius 1 is 1.88 bits per heavy atom. The Labute approximate surface area is 47.4 Å². The fourth-order valence-electron chi connectivity index (χ4n) is 0.641. The van der Waals surface area contributed by atoms with Crippen molar-refractivity contribution in [1.82, 2.24) is 10.7 Å². The first kappa shape index (κ1) is 5.08. The molecule has 0 saturated carbocycles. The monoisotopic (exact) mass is 112 g/mol. The summed E-state index contributed by atoms with van der Waals surface area (Å²) >= 11 is 0. The molecule has 44 valence electrons. The van der Waals surface area contributed by atoms with Gasteiger partial charge in [0.25, 0.3) is 0 Å². The summed E-state index contributed by atoms with van der Waals surface area (Å²) in [6.45, 7) is 0.956. The first-order chi connectivity index (χ1) is 3.93. The number of rotatable bonds is 2. The molecular formula is C4H8N4. The van der Waals surface area contributed by atoms with Crippen LogP contribution in [0.15, 0.2) is 17.1 Å². The topological polar surface area (TPSA) is 60.3 Å². The van der Waals surface area contributed by atoms with Gasteiger partial charge >= 0.3 is 0 Å². The molecule has 0 saturated heterocycles. The van der Waals surface area contributed by atoms with E-state index in [1.807, 2.05) is 6.08 Å². The van der Waals surface area contributed by atoms with Gasteiger partial charge in [0.1, 0.15) is 5.82 Å². The average Bonchev–Trinajstić information content (AvgIpc) is 2.19. The molecule has 8 heavy (non-hydrogen) atoms. The Morgan fingerprint density at radius 2 is 2.75 bits per heavy atom. The fourth-order valence-corrected chi connectivity index (χ4v) is 0.641. The van der Waals surface area contributed by atoms with E-state index in [4.69, 9.17) is 5.53 Å². The summed E-state index contributed by atoms with van der Waals surface area (Å²) < 4.78 is 0. The van der Waals surface area contributed by atoms with Crippen LogP contribution < -0.4 is 10.7 Å². The summed E-state index contributed by atoms with van der Waals surface area (Å²) in [6, 6.07) is 0. The molecule has 0 bridgehead atoms. The minimum atomic E-state index is 0.847. The maximum absolute atomic E-state index is 6.40. The zero-order valence-electron chi connectivity index (χ0n) is 4.44. The normalized spacial score (nSPS) is 16.8. The van der Waals surface area contributed by atoms with E-state index in [9.17, 15) is 0 Å². The molecule has 1 heterocycles. The van der Waals surface area contributed by atoms with Gasteiger partial charge in [0.2, 0.25) is 0 Å². The smallest absolute Gasteiger partial charge is 0.117 e. The van der Waals surface area contributed by atoms with Crippen molar-refractivity contribution in [2.75, 3.05) is 6.54 Å². The van der Waals surface area contributed by atoms with Gasteiger partial charge in [0.05, 0.1) is 0 Å². The van der Waals surface area contributed by atoms with Gasteiger partial charge in [-0.05, 0) is 12.5 Å². The van der Waals surface area contributed by atoms with Crippen LogP contribution >= 0.6 is 0 Å². The van der Waals surface area contributed by atoms with Crippen LogP contribution in [0.5, 0.6) is 0 Å². The van der Waals surface area contributed by atoms with Crippen LogP contribution in [0.4, 0.5) is 0 Å².